The minimum atomic E-state index is -0.492. The monoisotopic (exact) mass is 260 g/mol. The van der Waals surface area contributed by atoms with Crippen molar-refractivity contribution < 1.29 is 4.79 Å². The predicted molar refractivity (Wildman–Crippen MR) is 71.9 cm³/mol. The molecule has 0 spiro atoms. The van der Waals surface area contributed by atoms with Crippen molar-refractivity contribution in [3.8, 4) is 0 Å². The summed E-state index contributed by atoms with van der Waals surface area (Å²) in [6.07, 6.45) is 5.07. The first-order valence-corrected chi connectivity index (χ1v) is 6.35. The van der Waals surface area contributed by atoms with Gasteiger partial charge in [-0.3, -0.25) is 4.79 Å². The molecule has 0 aromatic carbocycles. The van der Waals surface area contributed by atoms with Crippen molar-refractivity contribution >= 4 is 22.8 Å². The molecule has 7 heteroatoms. The molecule has 1 saturated heterocycles. The lowest BCUT2D eigenvalue weighted by Crippen LogP contribution is -2.36. The van der Waals surface area contributed by atoms with Crippen LogP contribution in [0.2, 0.25) is 0 Å². The Morgan fingerprint density at radius 2 is 2.16 bits per heavy atom. The maximum absolute atomic E-state index is 11.5. The van der Waals surface area contributed by atoms with Gasteiger partial charge in [-0.05, 0) is 25.9 Å². The number of hydrogen-bond donors (Lipinski definition) is 4. The smallest absolute Gasteiger partial charge is 0.252 e. The lowest BCUT2D eigenvalue weighted by molar-refractivity contribution is 0.100. The Balaban J connectivity index is 2.00. The number of anilines is 1. The maximum atomic E-state index is 11.5. The first-order valence-electron chi connectivity index (χ1n) is 6.35. The zero-order valence-electron chi connectivity index (χ0n) is 10.4. The van der Waals surface area contributed by atoms with E-state index in [1.54, 1.807) is 6.33 Å². The molecule has 19 heavy (non-hydrogen) atoms. The summed E-state index contributed by atoms with van der Waals surface area (Å²) >= 11 is 0. The molecule has 0 unspecified atom stereocenters. The number of aromatic amines is 1. The Hall–Kier alpha value is -2.15. The summed E-state index contributed by atoms with van der Waals surface area (Å²) < 4.78 is 0. The zero-order valence-corrected chi connectivity index (χ0v) is 10.4. The van der Waals surface area contributed by atoms with Gasteiger partial charge in [0.15, 0.2) is 5.65 Å². The number of nitrogens with one attached hydrogen (secondary N) is 3. The Labute approximate surface area is 110 Å². The summed E-state index contributed by atoms with van der Waals surface area (Å²) in [6.45, 7) is 1.94. The third-order valence-corrected chi connectivity index (χ3v) is 3.40. The van der Waals surface area contributed by atoms with E-state index in [0.29, 0.717) is 28.5 Å². The molecule has 1 aliphatic heterocycles. The number of hydrogen-bond acceptors (Lipinski definition) is 5. The number of nitrogens with two attached hydrogens (primary N) is 1. The van der Waals surface area contributed by atoms with Crippen LogP contribution in [0.4, 0.5) is 5.69 Å². The van der Waals surface area contributed by atoms with E-state index in [1.807, 2.05) is 0 Å². The number of fused-ring (bicyclic) bond motifs is 1. The second kappa shape index (κ2) is 4.85. The number of H-pyrrole nitrogens is 1. The highest BCUT2D eigenvalue weighted by Crippen LogP contribution is 2.25. The number of primary amides is 1. The van der Waals surface area contributed by atoms with E-state index in [1.165, 1.54) is 6.20 Å². The normalized spacial score (nSPS) is 16.6. The Bertz CT molecular complexity index is 601. The van der Waals surface area contributed by atoms with Crippen LogP contribution in [0.25, 0.3) is 11.2 Å². The summed E-state index contributed by atoms with van der Waals surface area (Å²) in [5.41, 5.74) is 7.80. The van der Waals surface area contributed by atoms with Gasteiger partial charge in [0.05, 0.1) is 17.6 Å². The minimum Gasteiger partial charge on any atom is -0.380 e. The first-order chi connectivity index (χ1) is 9.25. The van der Waals surface area contributed by atoms with Crippen molar-refractivity contribution in [2.24, 2.45) is 5.73 Å². The molecule has 1 aliphatic rings. The number of carbonyl (C=O) groups is 1. The molecular weight excluding hydrogens is 244 g/mol. The van der Waals surface area contributed by atoms with Gasteiger partial charge >= 0.3 is 0 Å². The van der Waals surface area contributed by atoms with Gasteiger partial charge in [-0.1, -0.05) is 0 Å². The fraction of sp³-hybridized carbons (Fsp3) is 0.417. The average Bonchev–Trinajstić information content (AvgIpc) is 2.88. The van der Waals surface area contributed by atoms with Gasteiger partial charge in [-0.2, -0.15) is 0 Å². The number of carbonyl (C=O) groups excluding carboxylic acids is 1. The molecule has 3 heterocycles. The van der Waals surface area contributed by atoms with Gasteiger partial charge in [-0.15, -0.1) is 0 Å². The second-order valence-electron chi connectivity index (χ2n) is 4.68. The highest BCUT2D eigenvalue weighted by molar-refractivity contribution is 6.04. The molecule has 2 aromatic rings. The standard InChI is InChI=1S/C12H16N6O/c13-11(19)8-5-15-12-10(16-6-17-12)9(8)18-7-1-3-14-4-2-7/h5-7,14H,1-4H2,(H2,13,19)(H2,15,16,17,18). The SMILES string of the molecule is NC(=O)c1cnc2[nH]cnc2c1NC1CCNCC1. The highest BCUT2D eigenvalue weighted by atomic mass is 16.1. The molecule has 0 atom stereocenters. The summed E-state index contributed by atoms with van der Waals surface area (Å²) in [7, 11) is 0. The average molecular weight is 260 g/mol. The van der Waals surface area contributed by atoms with Crippen molar-refractivity contribution in [3.05, 3.63) is 18.1 Å². The van der Waals surface area contributed by atoms with Crippen molar-refractivity contribution in [2.45, 2.75) is 18.9 Å². The van der Waals surface area contributed by atoms with Crippen molar-refractivity contribution in [3.63, 3.8) is 0 Å². The second-order valence-corrected chi connectivity index (χ2v) is 4.68. The number of pyridine rings is 1. The van der Waals surface area contributed by atoms with E-state index < -0.39 is 5.91 Å². The molecule has 0 bridgehead atoms. The van der Waals surface area contributed by atoms with Crippen molar-refractivity contribution in [1.29, 1.82) is 0 Å². The number of aromatic nitrogens is 3. The third-order valence-electron chi connectivity index (χ3n) is 3.40. The minimum absolute atomic E-state index is 0.321. The van der Waals surface area contributed by atoms with E-state index in [4.69, 9.17) is 5.73 Å². The molecule has 0 saturated carbocycles. The van der Waals surface area contributed by atoms with Crippen LogP contribution < -0.4 is 16.4 Å². The third kappa shape index (κ3) is 2.24. The summed E-state index contributed by atoms with van der Waals surface area (Å²) in [5.74, 6) is -0.492. The van der Waals surface area contributed by atoms with Gasteiger partial charge in [0.25, 0.3) is 5.91 Å². The Morgan fingerprint density at radius 1 is 1.37 bits per heavy atom. The number of rotatable bonds is 3. The van der Waals surface area contributed by atoms with E-state index in [0.717, 1.165) is 25.9 Å². The van der Waals surface area contributed by atoms with Gasteiger partial charge < -0.3 is 21.4 Å². The zero-order chi connectivity index (χ0) is 13.2. The summed E-state index contributed by atoms with van der Waals surface area (Å²) in [5, 5.41) is 6.70. The lowest BCUT2D eigenvalue weighted by atomic mass is 10.1. The van der Waals surface area contributed by atoms with Crippen LogP contribution in [0.5, 0.6) is 0 Å². The number of amides is 1. The van der Waals surface area contributed by atoms with Crippen LogP contribution in [-0.4, -0.2) is 40.0 Å². The quantitative estimate of drug-likeness (QED) is 0.631. The van der Waals surface area contributed by atoms with Crippen LogP contribution in [0.1, 0.15) is 23.2 Å². The Morgan fingerprint density at radius 3 is 2.89 bits per heavy atom. The van der Waals surface area contributed by atoms with Crippen molar-refractivity contribution in [2.75, 3.05) is 18.4 Å². The van der Waals surface area contributed by atoms with Crippen molar-refractivity contribution in [1.82, 2.24) is 20.3 Å². The van der Waals surface area contributed by atoms with E-state index >= 15 is 0 Å². The van der Waals surface area contributed by atoms with E-state index in [9.17, 15) is 4.79 Å². The van der Waals surface area contributed by atoms with E-state index in [-0.39, 0.29) is 0 Å². The van der Waals surface area contributed by atoms with Crippen LogP contribution in [0.3, 0.4) is 0 Å². The molecule has 2 aromatic heterocycles. The predicted octanol–water partition coefficient (Wildman–Crippen LogP) is 0.221. The number of nitrogens with zero attached hydrogens (tertiary/aromatic N) is 2. The molecule has 1 amide bonds. The van der Waals surface area contributed by atoms with Gasteiger partial charge in [0, 0.05) is 12.2 Å². The molecule has 100 valence electrons. The number of piperidine rings is 1. The Kier molecular flexibility index (Phi) is 3.04. The fourth-order valence-corrected chi connectivity index (χ4v) is 2.39. The van der Waals surface area contributed by atoms with Crippen LogP contribution >= 0.6 is 0 Å². The first kappa shape index (κ1) is 11.9. The largest absolute Gasteiger partial charge is 0.380 e. The summed E-state index contributed by atoms with van der Waals surface area (Å²) in [6, 6.07) is 0.321. The van der Waals surface area contributed by atoms with Gasteiger partial charge in [0.2, 0.25) is 0 Å². The molecule has 0 radical (unpaired) electrons. The molecule has 0 aliphatic carbocycles. The van der Waals surface area contributed by atoms with Gasteiger partial charge in [-0.25, -0.2) is 9.97 Å². The fourth-order valence-electron chi connectivity index (χ4n) is 2.39. The van der Waals surface area contributed by atoms with E-state index in [2.05, 4.69) is 25.6 Å². The van der Waals surface area contributed by atoms with Crippen LogP contribution in [0, 0.1) is 0 Å². The topological polar surface area (TPSA) is 109 Å². The highest BCUT2D eigenvalue weighted by Gasteiger charge is 2.19. The van der Waals surface area contributed by atoms with Crippen LogP contribution in [-0.2, 0) is 0 Å². The maximum Gasteiger partial charge on any atom is 0.252 e. The molecule has 5 N–H and O–H groups in total. The van der Waals surface area contributed by atoms with Gasteiger partial charge in [0.1, 0.15) is 5.52 Å². The summed E-state index contributed by atoms with van der Waals surface area (Å²) in [4.78, 5) is 22.8. The molecular formula is C12H16N6O. The number of imidazole rings is 1. The molecule has 7 nitrogen and oxygen atoms in total. The lowest BCUT2D eigenvalue weighted by Gasteiger charge is -2.25. The molecule has 1 fully saturated rings. The molecule has 3 rings (SSSR count). The van der Waals surface area contributed by atoms with Crippen LogP contribution in [0.15, 0.2) is 12.5 Å².